The smallest absolute Gasteiger partial charge is 0.243 e. The van der Waals surface area contributed by atoms with E-state index in [1.807, 2.05) is 20.8 Å². The zero-order chi connectivity index (χ0) is 16.1. The Bertz CT molecular complexity index is 537. The van der Waals surface area contributed by atoms with E-state index < -0.39 is 15.6 Å². The molecule has 0 aliphatic rings. The lowest BCUT2D eigenvalue weighted by molar-refractivity contribution is 0.206. The Balaban J connectivity index is 3.26. The molecule has 0 heterocycles. The molecule has 21 heavy (non-hydrogen) atoms. The van der Waals surface area contributed by atoms with Crippen LogP contribution < -0.4 is 10.5 Å². The van der Waals surface area contributed by atoms with Crippen LogP contribution in [0.25, 0.3) is 0 Å². The lowest BCUT2D eigenvalue weighted by Gasteiger charge is -2.38. The lowest BCUT2D eigenvalue weighted by atomic mass is 9.99. The molecule has 0 bridgehead atoms. The Morgan fingerprint density at radius 2 is 1.81 bits per heavy atom. The van der Waals surface area contributed by atoms with Crippen LogP contribution in [-0.4, -0.2) is 38.5 Å². The molecule has 0 aliphatic heterocycles. The maximum atomic E-state index is 12.9. The van der Waals surface area contributed by atoms with Gasteiger partial charge in [0.1, 0.15) is 5.75 Å². The van der Waals surface area contributed by atoms with Gasteiger partial charge in [0.15, 0.2) is 0 Å². The highest BCUT2D eigenvalue weighted by atomic mass is 32.2. The maximum absolute atomic E-state index is 12.9. The number of nitrogens with zero attached hydrogens (tertiary/aromatic N) is 1. The molecule has 1 rings (SSSR count). The first kappa shape index (κ1) is 17.9. The molecule has 1 aromatic rings. The normalized spacial score (nSPS) is 15.0. The summed E-state index contributed by atoms with van der Waals surface area (Å²) in [6.07, 6.45) is 1.41. The van der Waals surface area contributed by atoms with Crippen LogP contribution in [0.3, 0.4) is 0 Å². The minimum absolute atomic E-state index is 0.268. The molecule has 0 aromatic heterocycles. The van der Waals surface area contributed by atoms with E-state index in [1.165, 1.54) is 4.31 Å². The molecular weight excluding hydrogens is 288 g/mol. The van der Waals surface area contributed by atoms with Crippen molar-refractivity contribution in [1.29, 1.82) is 0 Å². The molecule has 6 heteroatoms. The van der Waals surface area contributed by atoms with Crippen molar-refractivity contribution >= 4 is 10.0 Å². The van der Waals surface area contributed by atoms with Gasteiger partial charge in [-0.3, -0.25) is 0 Å². The Morgan fingerprint density at radius 1 is 1.24 bits per heavy atom. The van der Waals surface area contributed by atoms with Crippen LogP contribution in [0.4, 0.5) is 0 Å². The van der Waals surface area contributed by atoms with Gasteiger partial charge < -0.3 is 10.5 Å². The number of hydrogen-bond acceptors (Lipinski definition) is 4. The fourth-order valence-electron chi connectivity index (χ4n) is 2.18. The SMILES string of the molecule is CCCN(C(C)(CC)CN)S(=O)(=O)c1ccc(OC)cc1. The van der Waals surface area contributed by atoms with Crippen LogP contribution >= 0.6 is 0 Å². The largest absolute Gasteiger partial charge is 0.497 e. The second-order valence-corrected chi connectivity index (χ2v) is 7.17. The second-order valence-electron chi connectivity index (χ2n) is 5.31. The van der Waals surface area contributed by atoms with Crippen molar-refractivity contribution in [3.63, 3.8) is 0 Å². The highest BCUT2D eigenvalue weighted by Crippen LogP contribution is 2.28. The fraction of sp³-hybridized carbons (Fsp3) is 0.600. The van der Waals surface area contributed by atoms with Crippen molar-refractivity contribution in [2.45, 2.75) is 44.0 Å². The molecule has 1 atom stereocenters. The summed E-state index contributed by atoms with van der Waals surface area (Å²) >= 11 is 0. The van der Waals surface area contributed by atoms with Crippen molar-refractivity contribution in [1.82, 2.24) is 4.31 Å². The van der Waals surface area contributed by atoms with Gasteiger partial charge in [-0.2, -0.15) is 4.31 Å². The summed E-state index contributed by atoms with van der Waals surface area (Å²) in [5, 5.41) is 0. The lowest BCUT2D eigenvalue weighted by Crippen LogP contribution is -2.54. The molecule has 0 saturated heterocycles. The van der Waals surface area contributed by atoms with Gasteiger partial charge in [-0.15, -0.1) is 0 Å². The first-order valence-electron chi connectivity index (χ1n) is 7.22. The van der Waals surface area contributed by atoms with E-state index in [2.05, 4.69) is 0 Å². The molecule has 0 fully saturated rings. The van der Waals surface area contributed by atoms with E-state index in [0.717, 1.165) is 6.42 Å². The first-order valence-corrected chi connectivity index (χ1v) is 8.66. The highest BCUT2D eigenvalue weighted by molar-refractivity contribution is 7.89. The number of methoxy groups -OCH3 is 1. The molecule has 0 saturated carbocycles. The van der Waals surface area contributed by atoms with Gasteiger partial charge in [0.2, 0.25) is 10.0 Å². The molecule has 2 N–H and O–H groups in total. The number of nitrogens with two attached hydrogens (primary N) is 1. The third kappa shape index (κ3) is 3.75. The standard InChI is InChI=1S/C15H26N2O3S/c1-5-11-17(15(3,6-2)12-16)21(18,19)14-9-7-13(20-4)8-10-14/h7-10H,5-6,11-12,16H2,1-4H3. The van der Waals surface area contributed by atoms with Crippen LogP contribution in [-0.2, 0) is 10.0 Å². The zero-order valence-electron chi connectivity index (χ0n) is 13.3. The van der Waals surface area contributed by atoms with Crippen molar-refractivity contribution in [3.8, 4) is 5.75 Å². The topological polar surface area (TPSA) is 72.6 Å². The molecule has 0 amide bonds. The summed E-state index contributed by atoms with van der Waals surface area (Å²) in [5.74, 6) is 0.632. The molecular formula is C15H26N2O3S. The summed E-state index contributed by atoms with van der Waals surface area (Å²) in [6.45, 7) is 6.56. The molecule has 1 unspecified atom stereocenters. The van der Waals surface area contributed by atoms with Crippen LogP contribution in [0.15, 0.2) is 29.2 Å². The van der Waals surface area contributed by atoms with Gasteiger partial charge in [-0.25, -0.2) is 8.42 Å². The predicted octanol–water partition coefficient (Wildman–Crippen LogP) is 2.22. The Hall–Kier alpha value is -1.11. The molecule has 0 spiro atoms. The van der Waals surface area contributed by atoms with Crippen molar-refractivity contribution < 1.29 is 13.2 Å². The summed E-state index contributed by atoms with van der Waals surface area (Å²) in [7, 11) is -2.02. The van der Waals surface area contributed by atoms with Crippen molar-refractivity contribution in [2.75, 3.05) is 20.2 Å². The minimum atomic E-state index is -3.57. The Morgan fingerprint density at radius 3 is 2.19 bits per heavy atom. The maximum Gasteiger partial charge on any atom is 0.243 e. The number of ether oxygens (including phenoxy) is 1. The molecule has 0 aliphatic carbocycles. The summed E-state index contributed by atoms with van der Waals surface area (Å²) < 4.78 is 32.4. The predicted molar refractivity (Wildman–Crippen MR) is 84.9 cm³/mol. The minimum Gasteiger partial charge on any atom is -0.497 e. The number of hydrogen-bond donors (Lipinski definition) is 1. The van der Waals surface area contributed by atoms with Gasteiger partial charge in [0.05, 0.1) is 12.0 Å². The second kappa shape index (κ2) is 7.24. The van der Waals surface area contributed by atoms with E-state index >= 15 is 0 Å². The average Bonchev–Trinajstić information content (AvgIpc) is 2.51. The zero-order valence-corrected chi connectivity index (χ0v) is 14.1. The molecule has 5 nitrogen and oxygen atoms in total. The fourth-order valence-corrected chi connectivity index (χ4v) is 4.12. The van der Waals surface area contributed by atoms with Gasteiger partial charge in [-0.1, -0.05) is 13.8 Å². The average molecular weight is 314 g/mol. The monoisotopic (exact) mass is 314 g/mol. The van der Waals surface area contributed by atoms with E-state index in [9.17, 15) is 8.42 Å². The van der Waals surface area contributed by atoms with Gasteiger partial charge in [0, 0.05) is 18.6 Å². The Kier molecular flexibility index (Phi) is 6.19. The van der Waals surface area contributed by atoms with Crippen molar-refractivity contribution in [3.05, 3.63) is 24.3 Å². The molecule has 120 valence electrons. The summed E-state index contributed by atoms with van der Waals surface area (Å²) in [6, 6.07) is 6.46. The molecule has 1 aromatic carbocycles. The quantitative estimate of drug-likeness (QED) is 0.798. The first-order chi connectivity index (χ1) is 9.85. The van der Waals surface area contributed by atoms with Crippen LogP contribution in [0, 0.1) is 0 Å². The third-order valence-corrected chi connectivity index (χ3v) is 5.95. The number of rotatable bonds is 8. The summed E-state index contributed by atoms with van der Waals surface area (Å²) in [4.78, 5) is 0.268. The van der Waals surface area contributed by atoms with Crippen LogP contribution in [0.2, 0.25) is 0 Å². The summed E-state index contributed by atoms with van der Waals surface area (Å²) in [5.41, 5.74) is 5.27. The van der Waals surface area contributed by atoms with E-state index in [0.29, 0.717) is 25.3 Å². The van der Waals surface area contributed by atoms with Crippen molar-refractivity contribution in [2.24, 2.45) is 5.73 Å². The van der Waals surface area contributed by atoms with Gasteiger partial charge in [-0.05, 0) is 44.0 Å². The van der Waals surface area contributed by atoms with Gasteiger partial charge >= 0.3 is 0 Å². The number of benzene rings is 1. The van der Waals surface area contributed by atoms with Crippen LogP contribution in [0.1, 0.15) is 33.6 Å². The van der Waals surface area contributed by atoms with E-state index in [1.54, 1.807) is 31.4 Å². The van der Waals surface area contributed by atoms with E-state index in [-0.39, 0.29) is 4.90 Å². The third-order valence-electron chi connectivity index (χ3n) is 3.88. The van der Waals surface area contributed by atoms with Crippen LogP contribution in [0.5, 0.6) is 5.75 Å². The Labute approximate surface area is 128 Å². The number of sulfonamides is 1. The molecule has 0 radical (unpaired) electrons. The highest BCUT2D eigenvalue weighted by Gasteiger charge is 2.37. The van der Waals surface area contributed by atoms with Gasteiger partial charge in [0.25, 0.3) is 0 Å². The van der Waals surface area contributed by atoms with E-state index in [4.69, 9.17) is 10.5 Å².